The molecule has 1 heterocycles. The molecule has 0 spiro atoms. The van der Waals surface area contributed by atoms with Gasteiger partial charge in [0.15, 0.2) is 0 Å². The summed E-state index contributed by atoms with van der Waals surface area (Å²) in [7, 11) is 0. The van der Waals surface area contributed by atoms with Gasteiger partial charge in [-0.15, -0.1) is 0 Å². The molecule has 1 atom stereocenters. The van der Waals surface area contributed by atoms with Gasteiger partial charge in [0.05, 0.1) is 6.61 Å². The Labute approximate surface area is 87.7 Å². The molecule has 1 aliphatic rings. The van der Waals surface area contributed by atoms with Crippen LogP contribution >= 0.6 is 23.4 Å². The second-order valence-electron chi connectivity index (χ2n) is 2.82. The Morgan fingerprint density at radius 1 is 1.77 bits per heavy atom. The normalized spacial score (nSPS) is 22.9. The van der Waals surface area contributed by atoms with Gasteiger partial charge in [-0.1, -0.05) is 18.5 Å². The number of amides is 1. The minimum atomic E-state index is -0.276. The van der Waals surface area contributed by atoms with Gasteiger partial charge in [-0.2, -0.15) is 11.8 Å². The summed E-state index contributed by atoms with van der Waals surface area (Å²) in [6, 6.07) is 0. The molecule has 1 rings (SSSR count). The van der Waals surface area contributed by atoms with Gasteiger partial charge in [-0.05, 0) is 6.42 Å². The molecular formula is C8H14ClNO2S. The molecule has 1 amide bonds. The van der Waals surface area contributed by atoms with E-state index in [0.717, 1.165) is 17.9 Å². The summed E-state index contributed by atoms with van der Waals surface area (Å²) in [6.07, 6.45) is 0.573. The number of hydrogen-bond donors (Lipinski definition) is 0. The Hall–Kier alpha value is -0.0900. The van der Waals surface area contributed by atoms with E-state index in [-0.39, 0.29) is 11.6 Å². The number of hydrogen-bond acceptors (Lipinski definition) is 3. The zero-order valence-electron chi connectivity index (χ0n) is 7.66. The summed E-state index contributed by atoms with van der Waals surface area (Å²) in [6.45, 7) is 3.14. The van der Waals surface area contributed by atoms with Crippen molar-refractivity contribution in [3.63, 3.8) is 0 Å². The monoisotopic (exact) mass is 223 g/mol. The molecule has 1 unspecified atom stereocenters. The van der Waals surface area contributed by atoms with Crippen molar-refractivity contribution in [2.75, 3.05) is 24.7 Å². The van der Waals surface area contributed by atoms with Crippen molar-refractivity contribution in [1.29, 1.82) is 0 Å². The van der Waals surface area contributed by atoms with Crippen LogP contribution in [0, 0.1) is 0 Å². The molecule has 0 aromatic heterocycles. The summed E-state index contributed by atoms with van der Waals surface area (Å²) in [5, 5.41) is 0. The maximum Gasteiger partial charge on any atom is 0.411 e. The second kappa shape index (κ2) is 5.60. The molecule has 0 radical (unpaired) electrons. The number of rotatable bonds is 2. The first-order valence-electron chi connectivity index (χ1n) is 4.41. The molecular weight excluding hydrogens is 210 g/mol. The van der Waals surface area contributed by atoms with Gasteiger partial charge in [-0.3, -0.25) is 4.90 Å². The molecule has 1 saturated heterocycles. The minimum absolute atomic E-state index is 0.205. The van der Waals surface area contributed by atoms with Crippen LogP contribution in [0.15, 0.2) is 0 Å². The summed E-state index contributed by atoms with van der Waals surface area (Å²) < 4.78 is 4.99. The first-order chi connectivity index (χ1) is 6.25. The highest BCUT2D eigenvalue weighted by molar-refractivity contribution is 7.99. The van der Waals surface area contributed by atoms with Crippen molar-refractivity contribution in [3.8, 4) is 0 Å². The summed E-state index contributed by atoms with van der Waals surface area (Å²) >= 11 is 7.73. The predicted octanol–water partition coefficient (Wildman–Crippen LogP) is 2.15. The lowest BCUT2D eigenvalue weighted by Gasteiger charge is -2.30. The van der Waals surface area contributed by atoms with Crippen molar-refractivity contribution >= 4 is 29.5 Å². The van der Waals surface area contributed by atoms with Crippen LogP contribution in [-0.2, 0) is 4.74 Å². The Morgan fingerprint density at radius 3 is 3.15 bits per heavy atom. The largest absolute Gasteiger partial charge is 0.449 e. The fraction of sp³-hybridized carbons (Fsp3) is 0.875. The van der Waals surface area contributed by atoms with Crippen LogP contribution in [0.4, 0.5) is 4.79 Å². The number of carbonyl (C=O) groups is 1. The van der Waals surface area contributed by atoms with Gasteiger partial charge in [0.1, 0.15) is 5.50 Å². The van der Waals surface area contributed by atoms with Gasteiger partial charge in [-0.25, -0.2) is 4.79 Å². The van der Waals surface area contributed by atoms with E-state index < -0.39 is 0 Å². The van der Waals surface area contributed by atoms with E-state index in [9.17, 15) is 4.79 Å². The van der Waals surface area contributed by atoms with Crippen LogP contribution in [0.2, 0.25) is 0 Å². The summed E-state index contributed by atoms with van der Waals surface area (Å²) in [4.78, 5) is 13.0. The zero-order valence-corrected chi connectivity index (χ0v) is 9.24. The standard InChI is InChI=1S/C8H14ClNO2S/c1-2-4-12-8(11)10-3-5-13-6-7(10)9/h7H,2-6H2,1H3. The van der Waals surface area contributed by atoms with E-state index in [2.05, 4.69) is 0 Å². The summed E-state index contributed by atoms with van der Waals surface area (Å²) in [5.41, 5.74) is -0.205. The third-order valence-corrected chi connectivity index (χ3v) is 3.33. The number of thioether (sulfide) groups is 1. The molecule has 0 bridgehead atoms. The number of halogens is 1. The fourth-order valence-electron chi connectivity index (χ4n) is 1.05. The molecule has 0 aromatic carbocycles. The van der Waals surface area contributed by atoms with Crippen molar-refractivity contribution in [2.45, 2.75) is 18.8 Å². The van der Waals surface area contributed by atoms with Crippen LogP contribution in [0.1, 0.15) is 13.3 Å². The van der Waals surface area contributed by atoms with Crippen LogP contribution in [0.3, 0.4) is 0 Å². The van der Waals surface area contributed by atoms with Crippen molar-refractivity contribution in [3.05, 3.63) is 0 Å². The highest BCUT2D eigenvalue weighted by Crippen LogP contribution is 2.19. The molecule has 5 heteroatoms. The first kappa shape index (κ1) is 11.0. The van der Waals surface area contributed by atoms with Gasteiger partial charge in [0.25, 0.3) is 0 Å². The third-order valence-electron chi connectivity index (χ3n) is 1.73. The molecule has 1 aliphatic heterocycles. The van der Waals surface area contributed by atoms with Crippen LogP contribution in [-0.4, -0.2) is 41.2 Å². The lowest BCUT2D eigenvalue weighted by Crippen LogP contribution is -2.43. The average Bonchev–Trinajstić information content (AvgIpc) is 2.15. The van der Waals surface area contributed by atoms with E-state index in [1.807, 2.05) is 6.92 Å². The average molecular weight is 224 g/mol. The van der Waals surface area contributed by atoms with E-state index in [1.54, 1.807) is 16.7 Å². The maximum absolute atomic E-state index is 11.4. The van der Waals surface area contributed by atoms with E-state index in [0.29, 0.717) is 13.2 Å². The Kier molecular flexibility index (Phi) is 4.73. The molecule has 13 heavy (non-hydrogen) atoms. The van der Waals surface area contributed by atoms with Gasteiger partial charge in [0.2, 0.25) is 0 Å². The van der Waals surface area contributed by atoms with Gasteiger partial charge in [0, 0.05) is 18.1 Å². The lowest BCUT2D eigenvalue weighted by molar-refractivity contribution is 0.101. The third kappa shape index (κ3) is 3.27. The zero-order chi connectivity index (χ0) is 9.68. The molecule has 1 fully saturated rings. The quantitative estimate of drug-likeness (QED) is 0.531. The van der Waals surface area contributed by atoms with E-state index in [4.69, 9.17) is 16.3 Å². The van der Waals surface area contributed by atoms with Crippen molar-refractivity contribution in [1.82, 2.24) is 4.90 Å². The predicted molar refractivity (Wildman–Crippen MR) is 55.3 cm³/mol. The molecule has 0 aliphatic carbocycles. The Balaban J connectivity index is 2.35. The van der Waals surface area contributed by atoms with Gasteiger partial charge < -0.3 is 4.74 Å². The maximum atomic E-state index is 11.4. The molecule has 76 valence electrons. The van der Waals surface area contributed by atoms with Crippen LogP contribution < -0.4 is 0 Å². The minimum Gasteiger partial charge on any atom is -0.449 e. The van der Waals surface area contributed by atoms with Crippen LogP contribution in [0.25, 0.3) is 0 Å². The van der Waals surface area contributed by atoms with Crippen LogP contribution in [0.5, 0.6) is 0 Å². The summed E-state index contributed by atoms with van der Waals surface area (Å²) in [5.74, 6) is 1.74. The molecule has 0 saturated carbocycles. The number of carbonyl (C=O) groups excluding carboxylic acids is 1. The fourth-order valence-corrected chi connectivity index (χ4v) is 2.36. The van der Waals surface area contributed by atoms with Crippen molar-refractivity contribution in [2.24, 2.45) is 0 Å². The Morgan fingerprint density at radius 2 is 2.54 bits per heavy atom. The number of nitrogens with zero attached hydrogens (tertiary/aromatic N) is 1. The Bertz CT molecular complexity index is 180. The SMILES string of the molecule is CCCOC(=O)N1CCSCC1Cl. The highest BCUT2D eigenvalue weighted by atomic mass is 35.5. The highest BCUT2D eigenvalue weighted by Gasteiger charge is 2.25. The van der Waals surface area contributed by atoms with Gasteiger partial charge >= 0.3 is 6.09 Å². The second-order valence-corrected chi connectivity index (χ2v) is 4.47. The number of ether oxygens (including phenoxy) is 1. The molecule has 0 aromatic rings. The lowest BCUT2D eigenvalue weighted by atomic mass is 10.5. The first-order valence-corrected chi connectivity index (χ1v) is 6.00. The topological polar surface area (TPSA) is 29.5 Å². The smallest absolute Gasteiger partial charge is 0.411 e. The number of alkyl halides is 1. The van der Waals surface area contributed by atoms with E-state index in [1.165, 1.54) is 0 Å². The molecule has 3 nitrogen and oxygen atoms in total. The van der Waals surface area contributed by atoms with Crippen molar-refractivity contribution < 1.29 is 9.53 Å². The van der Waals surface area contributed by atoms with E-state index >= 15 is 0 Å². The molecule has 0 N–H and O–H groups in total.